The minimum atomic E-state index is -0.108. The first-order chi connectivity index (χ1) is 14.1. The summed E-state index contributed by atoms with van der Waals surface area (Å²) in [5, 5.41) is 2.95. The van der Waals surface area contributed by atoms with Gasteiger partial charge in [0, 0.05) is 18.7 Å². The van der Waals surface area contributed by atoms with Gasteiger partial charge in [-0.05, 0) is 61.3 Å². The number of hydrogen-bond acceptors (Lipinski definition) is 5. The minimum absolute atomic E-state index is 0.108. The first-order valence-corrected chi connectivity index (χ1v) is 10.0. The van der Waals surface area contributed by atoms with Crippen molar-refractivity contribution in [3.63, 3.8) is 0 Å². The van der Waals surface area contributed by atoms with Crippen molar-refractivity contribution in [3.8, 4) is 17.2 Å². The molecule has 1 aliphatic rings. The molecule has 0 aromatic heterocycles. The molecule has 0 aliphatic carbocycles. The zero-order valence-electron chi connectivity index (χ0n) is 17.5. The molecule has 0 spiro atoms. The third-order valence-corrected chi connectivity index (χ3v) is 5.25. The topological polar surface area (TPSA) is 60.0 Å². The SMILES string of the molecule is COc1cc(CNC(=O)c2ccc(CN3CCCCC3)cc2)cc(OC)c1OC. The Labute approximate surface area is 172 Å². The van der Waals surface area contributed by atoms with Crippen LogP contribution in [0.15, 0.2) is 36.4 Å². The molecular formula is C23H30N2O4. The van der Waals surface area contributed by atoms with Gasteiger partial charge in [0.15, 0.2) is 11.5 Å². The number of ether oxygens (including phenoxy) is 3. The largest absolute Gasteiger partial charge is 0.493 e. The molecule has 6 nitrogen and oxygen atoms in total. The zero-order valence-corrected chi connectivity index (χ0v) is 17.5. The molecule has 1 N–H and O–H groups in total. The molecule has 1 heterocycles. The normalized spacial score (nSPS) is 14.3. The number of rotatable bonds is 8. The van der Waals surface area contributed by atoms with Gasteiger partial charge in [-0.15, -0.1) is 0 Å². The van der Waals surface area contributed by atoms with Gasteiger partial charge in [0.2, 0.25) is 5.75 Å². The smallest absolute Gasteiger partial charge is 0.251 e. The summed E-state index contributed by atoms with van der Waals surface area (Å²) < 4.78 is 16.1. The molecule has 0 unspecified atom stereocenters. The Hall–Kier alpha value is -2.73. The highest BCUT2D eigenvalue weighted by Crippen LogP contribution is 2.38. The summed E-state index contributed by atoms with van der Waals surface area (Å²) in [6.45, 7) is 3.65. The van der Waals surface area contributed by atoms with Gasteiger partial charge >= 0.3 is 0 Å². The maximum absolute atomic E-state index is 12.5. The maximum atomic E-state index is 12.5. The zero-order chi connectivity index (χ0) is 20.6. The molecule has 0 radical (unpaired) electrons. The van der Waals surface area contributed by atoms with Gasteiger partial charge in [-0.2, -0.15) is 0 Å². The first kappa shape index (κ1) is 21.0. The van der Waals surface area contributed by atoms with E-state index in [0.29, 0.717) is 29.4 Å². The Bertz CT molecular complexity index is 789. The minimum Gasteiger partial charge on any atom is -0.493 e. The fraction of sp³-hybridized carbons (Fsp3) is 0.435. The lowest BCUT2D eigenvalue weighted by atomic mass is 10.1. The highest BCUT2D eigenvalue weighted by Gasteiger charge is 2.14. The summed E-state index contributed by atoms with van der Waals surface area (Å²) in [4.78, 5) is 15.0. The van der Waals surface area contributed by atoms with Crippen LogP contribution in [0.1, 0.15) is 40.7 Å². The van der Waals surface area contributed by atoms with Crippen LogP contribution in [0.2, 0.25) is 0 Å². The number of benzene rings is 2. The van der Waals surface area contributed by atoms with Crippen molar-refractivity contribution in [1.82, 2.24) is 10.2 Å². The number of nitrogens with zero attached hydrogens (tertiary/aromatic N) is 1. The summed E-state index contributed by atoms with van der Waals surface area (Å²) in [7, 11) is 4.72. The molecule has 2 aromatic carbocycles. The molecule has 1 fully saturated rings. The fourth-order valence-corrected chi connectivity index (χ4v) is 3.66. The fourth-order valence-electron chi connectivity index (χ4n) is 3.66. The van der Waals surface area contributed by atoms with Gasteiger partial charge in [0.25, 0.3) is 5.91 Å². The lowest BCUT2D eigenvalue weighted by Crippen LogP contribution is -2.29. The van der Waals surface area contributed by atoms with Crippen molar-refractivity contribution in [3.05, 3.63) is 53.1 Å². The van der Waals surface area contributed by atoms with Crippen LogP contribution in [0.4, 0.5) is 0 Å². The Morgan fingerprint density at radius 1 is 0.897 bits per heavy atom. The second-order valence-electron chi connectivity index (χ2n) is 7.25. The molecule has 2 aromatic rings. The summed E-state index contributed by atoms with van der Waals surface area (Å²) >= 11 is 0. The highest BCUT2D eigenvalue weighted by atomic mass is 16.5. The molecule has 6 heteroatoms. The Kier molecular flexibility index (Phi) is 7.36. The molecule has 1 amide bonds. The number of amides is 1. The lowest BCUT2D eigenvalue weighted by Gasteiger charge is -2.26. The predicted molar refractivity (Wildman–Crippen MR) is 113 cm³/mol. The summed E-state index contributed by atoms with van der Waals surface area (Å²) in [5.41, 5.74) is 2.77. The molecule has 156 valence electrons. The van der Waals surface area contributed by atoms with E-state index in [1.807, 2.05) is 36.4 Å². The van der Waals surface area contributed by atoms with Crippen LogP contribution in [0.5, 0.6) is 17.2 Å². The van der Waals surface area contributed by atoms with Gasteiger partial charge in [-0.25, -0.2) is 0 Å². The quantitative estimate of drug-likeness (QED) is 0.736. The third kappa shape index (κ3) is 5.41. The van der Waals surface area contributed by atoms with Crippen LogP contribution in [-0.2, 0) is 13.1 Å². The molecule has 0 bridgehead atoms. The number of likely N-dealkylation sites (tertiary alicyclic amines) is 1. The maximum Gasteiger partial charge on any atom is 0.251 e. The lowest BCUT2D eigenvalue weighted by molar-refractivity contribution is 0.0950. The molecule has 1 aliphatic heterocycles. The second-order valence-corrected chi connectivity index (χ2v) is 7.25. The Morgan fingerprint density at radius 2 is 1.52 bits per heavy atom. The summed E-state index contributed by atoms with van der Waals surface area (Å²) in [6.07, 6.45) is 3.89. The Balaban J connectivity index is 1.60. The number of carbonyl (C=O) groups is 1. The molecule has 0 saturated carbocycles. The molecular weight excluding hydrogens is 368 g/mol. The van der Waals surface area contributed by atoms with E-state index in [2.05, 4.69) is 10.2 Å². The van der Waals surface area contributed by atoms with E-state index in [0.717, 1.165) is 25.2 Å². The molecule has 1 saturated heterocycles. The van der Waals surface area contributed by atoms with Gasteiger partial charge in [-0.1, -0.05) is 18.6 Å². The number of hydrogen-bond donors (Lipinski definition) is 1. The molecule has 3 rings (SSSR count). The van der Waals surface area contributed by atoms with Crippen LogP contribution in [0.25, 0.3) is 0 Å². The van der Waals surface area contributed by atoms with E-state index in [1.54, 1.807) is 21.3 Å². The van der Waals surface area contributed by atoms with E-state index in [9.17, 15) is 4.79 Å². The first-order valence-electron chi connectivity index (χ1n) is 10.0. The van der Waals surface area contributed by atoms with Gasteiger partial charge < -0.3 is 19.5 Å². The van der Waals surface area contributed by atoms with Crippen molar-refractivity contribution in [2.24, 2.45) is 0 Å². The Morgan fingerprint density at radius 3 is 2.07 bits per heavy atom. The number of nitrogens with one attached hydrogen (secondary N) is 1. The number of methoxy groups -OCH3 is 3. The second kappa shape index (κ2) is 10.2. The molecule has 0 atom stereocenters. The van der Waals surface area contributed by atoms with Gasteiger partial charge in [0.1, 0.15) is 0 Å². The van der Waals surface area contributed by atoms with Crippen molar-refractivity contribution in [2.75, 3.05) is 34.4 Å². The monoisotopic (exact) mass is 398 g/mol. The standard InChI is InChI=1S/C23H30N2O4/c1-27-20-13-18(14-21(28-2)22(20)29-3)15-24-23(26)19-9-7-17(8-10-19)16-25-11-5-4-6-12-25/h7-10,13-14H,4-6,11-12,15-16H2,1-3H3,(H,24,26). The molecule has 29 heavy (non-hydrogen) atoms. The van der Waals surface area contributed by atoms with E-state index in [1.165, 1.54) is 24.8 Å². The van der Waals surface area contributed by atoms with Crippen LogP contribution in [0.3, 0.4) is 0 Å². The van der Waals surface area contributed by atoms with Crippen LogP contribution < -0.4 is 19.5 Å². The van der Waals surface area contributed by atoms with Gasteiger partial charge in [0.05, 0.1) is 21.3 Å². The van der Waals surface area contributed by atoms with Crippen LogP contribution >= 0.6 is 0 Å². The van der Waals surface area contributed by atoms with E-state index >= 15 is 0 Å². The van der Waals surface area contributed by atoms with E-state index in [-0.39, 0.29) is 5.91 Å². The van der Waals surface area contributed by atoms with E-state index < -0.39 is 0 Å². The van der Waals surface area contributed by atoms with Crippen molar-refractivity contribution >= 4 is 5.91 Å². The number of piperidine rings is 1. The average molecular weight is 399 g/mol. The third-order valence-electron chi connectivity index (χ3n) is 5.25. The number of carbonyl (C=O) groups excluding carboxylic acids is 1. The van der Waals surface area contributed by atoms with Gasteiger partial charge in [-0.3, -0.25) is 9.69 Å². The average Bonchev–Trinajstić information content (AvgIpc) is 2.77. The predicted octanol–water partition coefficient (Wildman–Crippen LogP) is 3.63. The summed E-state index contributed by atoms with van der Waals surface area (Å²) in [5.74, 6) is 1.56. The van der Waals surface area contributed by atoms with Crippen molar-refractivity contribution < 1.29 is 19.0 Å². The van der Waals surface area contributed by atoms with Crippen molar-refractivity contribution in [1.29, 1.82) is 0 Å². The highest BCUT2D eigenvalue weighted by molar-refractivity contribution is 5.94. The van der Waals surface area contributed by atoms with Crippen LogP contribution in [-0.4, -0.2) is 45.2 Å². The van der Waals surface area contributed by atoms with Crippen molar-refractivity contribution in [2.45, 2.75) is 32.4 Å². The summed E-state index contributed by atoms with van der Waals surface area (Å²) in [6, 6.07) is 11.5. The van der Waals surface area contributed by atoms with E-state index in [4.69, 9.17) is 14.2 Å². The van der Waals surface area contributed by atoms with Crippen LogP contribution in [0, 0.1) is 0 Å².